The van der Waals surface area contributed by atoms with E-state index in [0.717, 1.165) is 17.7 Å². The third-order valence-corrected chi connectivity index (χ3v) is 3.18. The van der Waals surface area contributed by atoms with Crippen LogP contribution < -0.4 is 4.90 Å². The zero-order chi connectivity index (χ0) is 13.7. The van der Waals surface area contributed by atoms with Crippen molar-refractivity contribution in [2.24, 2.45) is 0 Å². The molecule has 0 aliphatic carbocycles. The topological polar surface area (TPSA) is 20.3 Å². The fraction of sp³-hybridized carbons (Fsp3) is 0.235. The van der Waals surface area contributed by atoms with E-state index in [9.17, 15) is 4.79 Å². The summed E-state index contributed by atoms with van der Waals surface area (Å²) in [6.07, 6.45) is 1.47. The number of nitrogens with zero attached hydrogens (tertiary/aromatic N) is 1. The second-order valence-corrected chi connectivity index (χ2v) is 4.62. The zero-order valence-electron chi connectivity index (χ0n) is 11.5. The summed E-state index contributed by atoms with van der Waals surface area (Å²) in [6, 6.07) is 18.3. The van der Waals surface area contributed by atoms with Crippen LogP contribution in [0.25, 0.3) is 11.1 Å². The fourth-order valence-electron chi connectivity index (χ4n) is 2.05. The molecule has 2 aromatic carbocycles. The van der Waals surface area contributed by atoms with Gasteiger partial charge in [0.05, 0.1) is 0 Å². The second-order valence-electron chi connectivity index (χ2n) is 4.62. The number of carbonyl (C=O) groups is 1. The molecule has 98 valence electrons. The van der Waals surface area contributed by atoms with Crippen LogP contribution in [0, 0.1) is 0 Å². The van der Waals surface area contributed by atoms with Crippen molar-refractivity contribution in [1.29, 1.82) is 0 Å². The first-order valence-electron chi connectivity index (χ1n) is 6.64. The van der Waals surface area contributed by atoms with E-state index in [1.807, 2.05) is 44.3 Å². The zero-order valence-corrected chi connectivity index (χ0v) is 11.5. The summed E-state index contributed by atoms with van der Waals surface area (Å²) in [5, 5.41) is 0. The Morgan fingerprint density at radius 3 is 2.37 bits per heavy atom. The highest BCUT2D eigenvalue weighted by molar-refractivity contribution is 5.93. The lowest BCUT2D eigenvalue weighted by Crippen LogP contribution is -2.25. The molecule has 0 spiro atoms. The predicted molar refractivity (Wildman–Crippen MR) is 80.2 cm³/mol. The van der Waals surface area contributed by atoms with Gasteiger partial charge in [-0.25, -0.2) is 0 Å². The molecule has 0 atom stereocenters. The van der Waals surface area contributed by atoms with E-state index in [-0.39, 0.29) is 5.91 Å². The van der Waals surface area contributed by atoms with Crippen molar-refractivity contribution in [3.8, 4) is 11.1 Å². The SMILES string of the molecule is CCCC(=O)N(C)c1cccc(-c2ccccc2)c1. The van der Waals surface area contributed by atoms with Crippen molar-refractivity contribution < 1.29 is 4.79 Å². The minimum absolute atomic E-state index is 0.160. The van der Waals surface area contributed by atoms with Crippen LogP contribution in [0.15, 0.2) is 54.6 Å². The summed E-state index contributed by atoms with van der Waals surface area (Å²) < 4.78 is 0. The van der Waals surface area contributed by atoms with E-state index < -0.39 is 0 Å². The van der Waals surface area contributed by atoms with Gasteiger partial charge in [0.1, 0.15) is 0 Å². The maximum absolute atomic E-state index is 11.9. The molecule has 2 nitrogen and oxygen atoms in total. The van der Waals surface area contributed by atoms with Crippen molar-refractivity contribution in [3.63, 3.8) is 0 Å². The number of anilines is 1. The van der Waals surface area contributed by atoms with Gasteiger partial charge in [-0.2, -0.15) is 0 Å². The molecule has 0 fully saturated rings. The van der Waals surface area contributed by atoms with Crippen LogP contribution in [0.3, 0.4) is 0 Å². The molecule has 0 aliphatic rings. The molecule has 2 aromatic rings. The summed E-state index contributed by atoms with van der Waals surface area (Å²) in [7, 11) is 1.84. The Kier molecular flexibility index (Phi) is 4.35. The molecular weight excluding hydrogens is 234 g/mol. The minimum atomic E-state index is 0.160. The van der Waals surface area contributed by atoms with Crippen LogP contribution in [0.5, 0.6) is 0 Å². The fourth-order valence-corrected chi connectivity index (χ4v) is 2.05. The van der Waals surface area contributed by atoms with E-state index in [0.29, 0.717) is 6.42 Å². The molecule has 0 N–H and O–H groups in total. The quantitative estimate of drug-likeness (QED) is 0.802. The molecule has 0 radical (unpaired) electrons. The van der Waals surface area contributed by atoms with Gasteiger partial charge in [0, 0.05) is 19.2 Å². The highest BCUT2D eigenvalue weighted by Crippen LogP contribution is 2.24. The molecule has 0 saturated heterocycles. The van der Waals surface area contributed by atoms with Crippen LogP contribution in [-0.2, 0) is 4.79 Å². The van der Waals surface area contributed by atoms with Gasteiger partial charge in [0.2, 0.25) is 5.91 Å². The average molecular weight is 253 g/mol. The first-order valence-corrected chi connectivity index (χ1v) is 6.64. The molecule has 19 heavy (non-hydrogen) atoms. The van der Waals surface area contributed by atoms with Crippen molar-refractivity contribution in [3.05, 3.63) is 54.6 Å². The number of rotatable bonds is 4. The third kappa shape index (κ3) is 3.22. The van der Waals surface area contributed by atoms with Crippen LogP contribution >= 0.6 is 0 Å². The standard InChI is InChI=1S/C17H19NO/c1-3-8-17(19)18(2)16-12-7-11-15(13-16)14-9-5-4-6-10-14/h4-7,9-13H,3,8H2,1-2H3. The Bertz CT molecular complexity index is 548. The summed E-state index contributed by atoms with van der Waals surface area (Å²) in [5.41, 5.74) is 3.25. The number of amides is 1. The van der Waals surface area contributed by atoms with E-state index >= 15 is 0 Å². The Balaban J connectivity index is 2.27. The van der Waals surface area contributed by atoms with Crippen LogP contribution in [-0.4, -0.2) is 13.0 Å². The Morgan fingerprint density at radius 2 is 1.68 bits per heavy atom. The van der Waals surface area contributed by atoms with Crippen molar-refractivity contribution in [1.82, 2.24) is 0 Å². The normalized spacial score (nSPS) is 10.2. The number of hydrogen-bond donors (Lipinski definition) is 0. The summed E-state index contributed by atoms with van der Waals surface area (Å²) >= 11 is 0. The molecule has 0 aliphatic heterocycles. The average Bonchev–Trinajstić information content (AvgIpc) is 2.48. The molecule has 0 bridgehead atoms. The minimum Gasteiger partial charge on any atom is -0.315 e. The maximum Gasteiger partial charge on any atom is 0.226 e. The predicted octanol–water partition coefficient (Wildman–Crippen LogP) is 4.12. The molecule has 0 aromatic heterocycles. The van der Waals surface area contributed by atoms with E-state index in [2.05, 4.69) is 24.3 Å². The largest absolute Gasteiger partial charge is 0.315 e. The molecule has 0 saturated carbocycles. The van der Waals surface area contributed by atoms with Crippen molar-refractivity contribution in [2.45, 2.75) is 19.8 Å². The first kappa shape index (κ1) is 13.3. The maximum atomic E-state index is 11.9. The van der Waals surface area contributed by atoms with Crippen molar-refractivity contribution in [2.75, 3.05) is 11.9 Å². The molecule has 2 heteroatoms. The Morgan fingerprint density at radius 1 is 1.00 bits per heavy atom. The summed E-state index contributed by atoms with van der Waals surface area (Å²) in [6.45, 7) is 2.02. The lowest BCUT2D eigenvalue weighted by Gasteiger charge is -2.18. The highest BCUT2D eigenvalue weighted by atomic mass is 16.2. The van der Waals surface area contributed by atoms with Gasteiger partial charge in [-0.3, -0.25) is 4.79 Å². The van der Waals surface area contributed by atoms with Gasteiger partial charge >= 0.3 is 0 Å². The lowest BCUT2D eigenvalue weighted by atomic mass is 10.0. The molecule has 0 heterocycles. The summed E-state index contributed by atoms with van der Waals surface area (Å²) in [5.74, 6) is 0.160. The van der Waals surface area contributed by atoms with Crippen LogP contribution in [0.2, 0.25) is 0 Å². The molecule has 2 rings (SSSR count). The molecule has 0 unspecified atom stereocenters. The van der Waals surface area contributed by atoms with Gasteiger partial charge in [-0.15, -0.1) is 0 Å². The highest BCUT2D eigenvalue weighted by Gasteiger charge is 2.10. The monoisotopic (exact) mass is 253 g/mol. The Hall–Kier alpha value is -2.09. The molecule has 1 amide bonds. The number of benzene rings is 2. The van der Waals surface area contributed by atoms with Gasteiger partial charge in [0.25, 0.3) is 0 Å². The van der Waals surface area contributed by atoms with E-state index in [1.165, 1.54) is 5.56 Å². The summed E-state index contributed by atoms with van der Waals surface area (Å²) in [4.78, 5) is 13.6. The van der Waals surface area contributed by atoms with Gasteiger partial charge in [0.15, 0.2) is 0 Å². The first-order chi connectivity index (χ1) is 9.22. The number of hydrogen-bond acceptors (Lipinski definition) is 1. The van der Waals surface area contributed by atoms with Crippen molar-refractivity contribution >= 4 is 11.6 Å². The number of carbonyl (C=O) groups excluding carboxylic acids is 1. The second kappa shape index (κ2) is 6.19. The van der Waals surface area contributed by atoms with Crippen LogP contribution in [0.1, 0.15) is 19.8 Å². The smallest absolute Gasteiger partial charge is 0.226 e. The van der Waals surface area contributed by atoms with E-state index in [4.69, 9.17) is 0 Å². The van der Waals surface area contributed by atoms with Gasteiger partial charge in [-0.05, 0) is 29.7 Å². The third-order valence-electron chi connectivity index (χ3n) is 3.18. The van der Waals surface area contributed by atoms with Crippen LogP contribution in [0.4, 0.5) is 5.69 Å². The lowest BCUT2D eigenvalue weighted by molar-refractivity contribution is -0.118. The molecular formula is C17H19NO. The van der Waals surface area contributed by atoms with E-state index in [1.54, 1.807) is 4.90 Å². The van der Waals surface area contributed by atoms with Gasteiger partial charge in [-0.1, -0.05) is 49.4 Å². The van der Waals surface area contributed by atoms with Gasteiger partial charge < -0.3 is 4.90 Å². The Labute approximate surface area is 114 Å².